The van der Waals surface area contributed by atoms with Crippen LogP contribution >= 0.6 is 0 Å². The third-order valence-electron chi connectivity index (χ3n) is 4.21. The fourth-order valence-electron chi connectivity index (χ4n) is 3.23. The van der Waals surface area contributed by atoms with E-state index >= 15 is 0 Å². The summed E-state index contributed by atoms with van der Waals surface area (Å²) in [5, 5.41) is 3.55. The second kappa shape index (κ2) is 4.65. The molecular weight excluding hydrogens is 170 g/mol. The van der Waals surface area contributed by atoms with E-state index in [-0.39, 0.29) is 0 Å². The Bertz CT molecular complexity index is 176. The normalized spacial score (nSPS) is 37.5. The van der Waals surface area contributed by atoms with Crippen LogP contribution in [0.25, 0.3) is 0 Å². The maximum absolute atomic E-state index is 3.55. The standard InChI is InChI=1S/C13H25N/c1-10(2)3-4-11-5-6-12-8-14-9-13(12)7-11/h10-14H,3-9H2,1-2H3. The molecule has 2 aliphatic rings. The van der Waals surface area contributed by atoms with Crippen LogP contribution in [0.5, 0.6) is 0 Å². The van der Waals surface area contributed by atoms with Crippen molar-refractivity contribution in [2.45, 2.75) is 46.0 Å². The van der Waals surface area contributed by atoms with Gasteiger partial charge in [0, 0.05) is 0 Å². The monoisotopic (exact) mass is 195 g/mol. The van der Waals surface area contributed by atoms with Gasteiger partial charge in [-0.05, 0) is 49.6 Å². The first-order valence-corrected chi connectivity index (χ1v) is 6.46. The minimum Gasteiger partial charge on any atom is -0.316 e. The van der Waals surface area contributed by atoms with Crippen LogP contribution in [0.15, 0.2) is 0 Å². The zero-order valence-electron chi connectivity index (χ0n) is 9.76. The summed E-state index contributed by atoms with van der Waals surface area (Å²) in [7, 11) is 0. The van der Waals surface area contributed by atoms with E-state index in [9.17, 15) is 0 Å². The second-order valence-electron chi connectivity index (χ2n) is 5.83. The smallest absolute Gasteiger partial charge is 0.00172 e. The number of hydrogen-bond donors (Lipinski definition) is 1. The molecule has 0 spiro atoms. The van der Waals surface area contributed by atoms with Gasteiger partial charge in [-0.15, -0.1) is 0 Å². The summed E-state index contributed by atoms with van der Waals surface area (Å²) in [5.74, 6) is 4.01. The minimum atomic E-state index is 0.898. The van der Waals surface area contributed by atoms with Crippen molar-refractivity contribution >= 4 is 0 Å². The fourth-order valence-corrected chi connectivity index (χ4v) is 3.23. The number of hydrogen-bond acceptors (Lipinski definition) is 1. The lowest BCUT2D eigenvalue weighted by Gasteiger charge is -2.31. The topological polar surface area (TPSA) is 12.0 Å². The molecule has 0 aromatic heterocycles. The molecule has 0 radical (unpaired) electrons. The molecule has 1 aliphatic heterocycles. The molecule has 14 heavy (non-hydrogen) atoms. The Hall–Kier alpha value is -0.0400. The molecule has 0 amide bonds. The van der Waals surface area contributed by atoms with E-state index in [1.54, 1.807) is 0 Å². The first-order chi connectivity index (χ1) is 6.75. The summed E-state index contributed by atoms with van der Waals surface area (Å²) < 4.78 is 0. The van der Waals surface area contributed by atoms with Crippen LogP contribution in [0.4, 0.5) is 0 Å². The molecule has 1 heteroatoms. The molecule has 1 saturated carbocycles. The van der Waals surface area contributed by atoms with Crippen molar-refractivity contribution in [3.05, 3.63) is 0 Å². The van der Waals surface area contributed by atoms with Crippen LogP contribution in [-0.2, 0) is 0 Å². The Labute approximate surface area is 88.7 Å². The second-order valence-corrected chi connectivity index (χ2v) is 5.83. The summed E-state index contributed by atoms with van der Waals surface area (Å²) in [5.41, 5.74) is 0. The highest BCUT2D eigenvalue weighted by Crippen LogP contribution is 2.38. The Balaban J connectivity index is 1.74. The van der Waals surface area contributed by atoms with Crippen molar-refractivity contribution < 1.29 is 0 Å². The highest BCUT2D eigenvalue weighted by atomic mass is 14.9. The van der Waals surface area contributed by atoms with E-state index in [1.165, 1.54) is 45.2 Å². The maximum atomic E-state index is 3.55. The highest BCUT2D eigenvalue weighted by Gasteiger charge is 2.33. The Kier molecular flexibility index (Phi) is 3.48. The van der Waals surface area contributed by atoms with Crippen molar-refractivity contribution in [2.75, 3.05) is 13.1 Å². The van der Waals surface area contributed by atoms with E-state index in [1.807, 2.05) is 0 Å². The van der Waals surface area contributed by atoms with Crippen LogP contribution < -0.4 is 5.32 Å². The third kappa shape index (κ3) is 2.50. The van der Waals surface area contributed by atoms with Gasteiger partial charge in [-0.3, -0.25) is 0 Å². The van der Waals surface area contributed by atoms with Gasteiger partial charge in [0.05, 0.1) is 0 Å². The molecule has 1 aliphatic carbocycles. The lowest BCUT2D eigenvalue weighted by Crippen LogP contribution is -2.23. The quantitative estimate of drug-likeness (QED) is 0.730. The number of rotatable bonds is 3. The lowest BCUT2D eigenvalue weighted by atomic mass is 9.74. The fraction of sp³-hybridized carbons (Fsp3) is 1.00. The van der Waals surface area contributed by atoms with Crippen molar-refractivity contribution in [1.82, 2.24) is 5.32 Å². The molecule has 0 aromatic carbocycles. The van der Waals surface area contributed by atoms with Gasteiger partial charge in [0.1, 0.15) is 0 Å². The van der Waals surface area contributed by atoms with Gasteiger partial charge in [0.25, 0.3) is 0 Å². The van der Waals surface area contributed by atoms with E-state index in [2.05, 4.69) is 19.2 Å². The Morgan fingerprint density at radius 3 is 2.71 bits per heavy atom. The van der Waals surface area contributed by atoms with Crippen molar-refractivity contribution in [2.24, 2.45) is 23.7 Å². The van der Waals surface area contributed by atoms with Gasteiger partial charge < -0.3 is 5.32 Å². The zero-order valence-corrected chi connectivity index (χ0v) is 9.76. The predicted octanol–water partition coefficient (Wildman–Crippen LogP) is 3.06. The molecule has 1 N–H and O–H groups in total. The van der Waals surface area contributed by atoms with Crippen LogP contribution in [0.1, 0.15) is 46.0 Å². The largest absolute Gasteiger partial charge is 0.316 e. The van der Waals surface area contributed by atoms with E-state index in [4.69, 9.17) is 0 Å². The van der Waals surface area contributed by atoms with Gasteiger partial charge in [0.15, 0.2) is 0 Å². The van der Waals surface area contributed by atoms with Gasteiger partial charge in [-0.1, -0.05) is 33.1 Å². The summed E-state index contributed by atoms with van der Waals surface area (Å²) in [4.78, 5) is 0. The first-order valence-electron chi connectivity index (χ1n) is 6.46. The molecule has 1 heterocycles. The predicted molar refractivity (Wildman–Crippen MR) is 61.3 cm³/mol. The number of nitrogens with one attached hydrogen (secondary N) is 1. The van der Waals surface area contributed by atoms with Crippen LogP contribution in [0, 0.1) is 23.7 Å². The van der Waals surface area contributed by atoms with Crippen LogP contribution in [-0.4, -0.2) is 13.1 Å². The molecule has 2 fully saturated rings. The third-order valence-corrected chi connectivity index (χ3v) is 4.21. The van der Waals surface area contributed by atoms with Crippen LogP contribution in [0.2, 0.25) is 0 Å². The van der Waals surface area contributed by atoms with Gasteiger partial charge in [-0.25, -0.2) is 0 Å². The summed E-state index contributed by atoms with van der Waals surface area (Å²) in [6, 6.07) is 0. The van der Waals surface area contributed by atoms with Gasteiger partial charge >= 0.3 is 0 Å². The average molecular weight is 195 g/mol. The summed E-state index contributed by atoms with van der Waals surface area (Å²) in [6.07, 6.45) is 7.46. The van der Waals surface area contributed by atoms with E-state index in [0.29, 0.717) is 0 Å². The molecule has 3 atom stereocenters. The summed E-state index contributed by atoms with van der Waals surface area (Å²) in [6.45, 7) is 7.32. The van der Waals surface area contributed by atoms with Crippen molar-refractivity contribution in [3.8, 4) is 0 Å². The van der Waals surface area contributed by atoms with Gasteiger partial charge in [-0.2, -0.15) is 0 Å². The van der Waals surface area contributed by atoms with E-state index < -0.39 is 0 Å². The molecule has 1 saturated heterocycles. The zero-order chi connectivity index (χ0) is 9.97. The molecule has 0 bridgehead atoms. The Morgan fingerprint density at radius 1 is 1.14 bits per heavy atom. The first kappa shape index (κ1) is 10.5. The van der Waals surface area contributed by atoms with Crippen molar-refractivity contribution in [3.63, 3.8) is 0 Å². The molecule has 3 unspecified atom stereocenters. The van der Waals surface area contributed by atoms with Gasteiger partial charge in [0.2, 0.25) is 0 Å². The lowest BCUT2D eigenvalue weighted by molar-refractivity contribution is 0.208. The number of fused-ring (bicyclic) bond motifs is 1. The molecule has 82 valence electrons. The molecule has 1 nitrogen and oxygen atoms in total. The molecule has 0 aromatic rings. The van der Waals surface area contributed by atoms with Crippen molar-refractivity contribution in [1.29, 1.82) is 0 Å². The molecular formula is C13H25N. The Morgan fingerprint density at radius 2 is 1.93 bits per heavy atom. The van der Waals surface area contributed by atoms with E-state index in [0.717, 1.165) is 23.7 Å². The highest BCUT2D eigenvalue weighted by molar-refractivity contribution is 4.87. The summed E-state index contributed by atoms with van der Waals surface area (Å²) >= 11 is 0. The SMILES string of the molecule is CC(C)CCC1CCC2CNCC2C1. The average Bonchev–Trinajstić information content (AvgIpc) is 2.61. The van der Waals surface area contributed by atoms with Crippen LogP contribution in [0.3, 0.4) is 0 Å². The minimum absolute atomic E-state index is 0.898. The maximum Gasteiger partial charge on any atom is -0.00172 e. The molecule has 2 rings (SSSR count).